The van der Waals surface area contributed by atoms with Crippen LogP contribution in [0.5, 0.6) is 0 Å². The Morgan fingerprint density at radius 1 is 0.902 bits per heavy atom. The van der Waals surface area contributed by atoms with Crippen LogP contribution in [0.15, 0.2) is 0 Å². The molecule has 0 N–H and O–H groups in total. The Kier molecular flexibility index (Phi) is 9.22. The summed E-state index contributed by atoms with van der Waals surface area (Å²) >= 11 is 0. The van der Waals surface area contributed by atoms with Crippen molar-refractivity contribution < 1.29 is 23.7 Å². The molecule has 1 spiro atoms. The van der Waals surface area contributed by atoms with E-state index in [1.165, 1.54) is 44.9 Å². The lowest BCUT2D eigenvalue weighted by molar-refractivity contribution is -0.232. The molecule has 1 heterocycles. The topological polar surface area (TPSA) is 54.0 Å². The predicted octanol–water partition coefficient (Wildman–Crippen LogP) is 8.76. The number of carbonyl (C=O) groups excluding carboxylic acids is 1. The standard InChI is InChI=1S/C36H64O5/c1-24(38-11)30(35(10)20-18-29(41-35)33(7,8)39-12)34(9)21-22-36-19-14-17-28(40-25(2)37)31(3,4)26(23-36)15-13-16-27(36)32(34,5)6/h24,26-30H,13-23H2,1-12H3/t24?,26?,27?,28?,29?,30?,34?,35-,36?/m1/s1. The van der Waals surface area contributed by atoms with Gasteiger partial charge in [0.1, 0.15) is 6.10 Å². The molecule has 5 nitrogen and oxygen atoms in total. The molecule has 4 fully saturated rings. The maximum absolute atomic E-state index is 12.0. The summed E-state index contributed by atoms with van der Waals surface area (Å²) in [5.74, 6) is 1.39. The Morgan fingerprint density at radius 3 is 2.20 bits per heavy atom. The van der Waals surface area contributed by atoms with Crippen LogP contribution in [0.1, 0.15) is 140 Å². The number of hydrogen-bond acceptors (Lipinski definition) is 5. The number of rotatable bonds is 7. The van der Waals surface area contributed by atoms with Crippen LogP contribution >= 0.6 is 0 Å². The zero-order chi connectivity index (χ0) is 30.6. The third-order valence-electron chi connectivity index (χ3n) is 14.1. The van der Waals surface area contributed by atoms with Crippen molar-refractivity contribution in [3.8, 4) is 0 Å². The van der Waals surface area contributed by atoms with Gasteiger partial charge in [-0.25, -0.2) is 0 Å². The van der Waals surface area contributed by atoms with Gasteiger partial charge in [0, 0.05) is 32.5 Å². The van der Waals surface area contributed by atoms with Crippen molar-refractivity contribution >= 4 is 5.97 Å². The van der Waals surface area contributed by atoms with Gasteiger partial charge >= 0.3 is 5.97 Å². The first-order chi connectivity index (χ1) is 18.9. The highest BCUT2D eigenvalue weighted by Gasteiger charge is 2.66. The van der Waals surface area contributed by atoms with Crippen LogP contribution in [0.3, 0.4) is 0 Å². The molecule has 3 saturated carbocycles. The van der Waals surface area contributed by atoms with E-state index in [9.17, 15) is 4.79 Å². The van der Waals surface area contributed by atoms with Gasteiger partial charge in [-0.1, -0.05) is 41.0 Å². The zero-order valence-electron chi connectivity index (χ0n) is 28.8. The molecule has 2 bridgehead atoms. The van der Waals surface area contributed by atoms with E-state index in [4.69, 9.17) is 18.9 Å². The van der Waals surface area contributed by atoms with Gasteiger partial charge in [0.15, 0.2) is 0 Å². The van der Waals surface area contributed by atoms with Gasteiger partial charge in [-0.05, 0) is 120 Å². The molecule has 0 amide bonds. The second kappa shape index (κ2) is 11.4. The van der Waals surface area contributed by atoms with Crippen molar-refractivity contribution in [2.75, 3.05) is 14.2 Å². The lowest BCUT2D eigenvalue weighted by Gasteiger charge is -2.66. The Balaban J connectivity index is 1.70. The predicted molar refractivity (Wildman–Crippen MR) is 166 cm³/mol. The van der Waals surface area contributed by atoms with E-state index < -0.39 is 0 Å². The summed E-state index contributed by atoms with van der Waals surface area (Å²) in [6.07, 6.45) is 13.2. The van der Waals surface area contributed by atoms with E-state index in [0.717, 1.165) is 25.7 Å². The summed E-state index contributed by atoms with van der Waals surface area (Å²) in [7, 11) is 3.70. The van der Waals surface area contributed by atoms with Crippen molar-refractivity contribution in [3.63, 3.8) is 0 Å². The number of ether oxygens (including phenoxy) is 4. The van der Waals surface area contributed by atoms with Crippen LogP contribution < -0.4 is 0 Å². The van der Waals surface area contributed by atoms with Crippen molar-refractivity contribution in [2.24, 2.45) is 39.4 Å². The van der Waals surface area contributed by atoms with Crippen LogP contribution in [0.2, 0.25) is 0 Å². The lowest BCUT2D eigenvalue weighted by atomic mass is 9.39. The molecule has 9 atom stereocenters. The van der Waals surface area contributed by atoms with E-state index in [-0.39, 0.29) is 57.6 Å². The van der Waals surface area contributed by atoms with Gasteiger partial charge < -0.3 is 18.9 Å². The SMILES string of the molecule is COC(C)C(C1(C)CCC23CCCC(OC(C)=O)C(C)(C)C(CCCC2C1(C)C)C3)[C@@]1(C)CCC(C(C)(C)OC)O1. The summed E-state index contributed by atoms with van der Waals surface area (Å²) < 4.78 is 25.2. The van der Waals surface area contributed by atoms with Gasteiger partial charge in [-0.2, -0.15) is 0 Å². The molecular formula is C36H64O5. The van der Waals surface area contributed by atoms with Crippen LogP contribution in [-0.2, 0) is 23.7 Å². The summed E-state index contributed by atoms with van der Waals surface area (Å²) in [5.41, 5.74) is -0.0338. The molecule has 1 saturated heterocycles. The fraction of sp³-hybridized carbons (Fsp3) is 0.972. The second-order valence-corrected chi connectivity index (χ2v) is 16.9. The average molecular weight is 577 g/mol. The fourth-order valence-corrected chi connectivity index (χ4v) is 11.1. The fourth-order valence-electron chi connectivity index (χ4n) is 11.1. The first kappa shape index (κ1) is 33.2. The summed E-state index contributed by atoms with van der Waals surface area (Å²) in [6, 6.07) is 0. The first-order valence-corrected chi connectivity index (χ1v) is 16.8. The molecule has 5 heteroatoms. The Morgan fingerprint density at radius 2 is 1.59 bits per heavy atom. The number of esters is 1. The average Bonchev–Trinajstić information content (AvgIpc) is 3.17. The molecule has 0 radical (unpaired) electrons. The Hall–Kier alpha value is -0.650. The molecule has 0 aromatic rings. The van der Waals surface area contributed by atoms with Crippen LogP contribution in [0.4, 0.5) is 0 Å². The van der Waals surface area contributed by atoms with Gasteiger partial charge in [-0.3, -0.25) is 4.79 Å². The smallest absolute Gasteiger partial charge is 0.302 e. The maximum Gasteiger partial charge on any atom is 0.302 e. The maximum atomic E-state index is 12.0. The lowest BCUT2D eigenvalue weighted by Crippen LogP contribution is -2.63. The number of methoxy groups -OCH3 is 2. The second-order valence-electron chi connectivity index (χ2n) is 16.9. The molecule has 1 aliphatic heterocycles. The molecule has 4 rings (SSSR count). The third kappa shape index (κ3) is 5.56. The van der Waals surface area contributed by atoms with E-state index in [1.807, 2.05) is 14.2 Å². The molecule has 8 unspecified atom stereocenters. The van der Waals surface area contributed by atoms with Crippen LogP contribution in [-0.4, -0.2) is 49.7 Å². The minimum Gasteiger partial charge on any atom is -0.462 e. The zero-order valence-corrected chi connectivity index (χ0v) is 28.8. The monoisotopic (exact) mass is 576 g/mol. The van der Waals surface area contributed by atoms with Crippen molar-refractivity contribution in [2.45, 2.75) is 169 Å². The highest BCUT2D eigenvalue weighted by Crippen LogP contribution is 2.71. The first-order valence-electron chi connectivity index (χ1n) is 16.8. The number of fused-ring (bicyclic) bond motifs is 1. The Bertz CT molecular complexity index is 940. The molecule has 41 heavy (non-hydrogen) atoms. The molecule has 238 valence electrons. The Labute approximate surface area is 252 Å². The molecule has 4 aliphatic rings. The van der Waals surface area contributed by atoms with Gasteiger partial charge in [-0.15, -0.1) is 0 Å². The summed E-state index contributed by atoms with van der Waals surface area (Å²) in [5, 5.41) is 0. The number of carbonyl (C=O) groups is 1. The van der Waals surface area contributed by atoms with Crippen LogP contribution in [0, 0.1) is 39.4 Å². The van der Waals surface area contributed by atoms with Crippen molar-refractivity contribution in [3.05, 3.63) is 0 Å². The largest absolute Gasteiger partial charge is 0.462 e. The van der Waals surface area contributed by atoms with E-state index in [1.54, 1.807) is 6.92 Å². The summed E-state index contributed by atoms with van der Waals surface area (Å²) in [6.45, 7) is 23.1. The molecule has 0 aromatic heterocycles. The van der Waals surface area contributed by atoms with Crippen molar-refractivity contribution in [1.29, 1.82) is 0 Å². The minimum absolute atomic E-state index is 0.000300. The normalized spacial score (nSPS) is 42.2. The van der Waals surface area contributed by atoms with E-state index >= 15 is 0 Å². The molecule has 0 aromatic carbocycles. The van der Waals surface area contributed by atoms with E-state index in [0.29, 0.717) is 17.3 Å². The number of hydrogen-bond donors (Lipinski definition) is 0. The van der Waals surface area contributed by atoms with E-state index in [2.05, 4.69) is 62.3 Å². The molecular weight excluding hydrogens is 512 g/mol. The van der Waals surface area contributed by atoms with Crippen LogP contribution in [0.25, 0.3) is 0 Å². The quantitative estimate of drug-likeness (QED) is 0.284. The van der Waals surface area contributed by atoms with Gasteiger partial charge in [0.25, 0.3) is 0 Å². The highest BCUT2D eigenvalue weighted by molar-refractivity contribution is 5.66. The third-order valence-corrected chi connectivity index (χ3v) is 14.1. The highest BCUT2D eigenvalue weighted by atomic mass is 16.6. The van der Waals surface area contributed by atoms with Crippen molar-refractivity contribution in [1.82, 2.24) is 0 Å². The summed E-state index contributed by atoms with van der Waals surface area (Å²) in [4.78, 5) is 12.0. The van der Waals surface area contributed by atoms with Gasteiger partial charge in [0.2, 0.25) is 0 Å². The minimum atomic E-state index is -0.308. The molecule has 3 aliphatic carbocycles. The van der Waals surface area contributed by atoms with Gasteiger partial charge in [0.05, 0.1) is 23.4 Å².